The molecule has 0 saturated carbocycles. The summed E-state index contributed by atoms with van der Waals surface area (Å²) in [6.07, 6.45) is 0.757. The van der Waals surface area contributed by atoms with E-state index in [9.17, 15) is 4.79 Å². The molecule has 0 radical (unpaired) electrons. The highest BCUT2D eigenvalue weighted by molar-refractivity contribution is 6.30. The molecule has 0 spiro atoms. The van der Waals surface area contributed by atoms with Crippen molar-refractivity contribution in [3.63, 3.8) is 0 Å². The highest BCUT2D eigenvalue weighted by Crippen LogP contribution is 2.25. The number of aryl methyl sites for hydroxylation is 1. The first-order valence-electron chi connectivity index (χ1n) is 7.93. The fourth-order valence-corrected chi connectivity index (χ4v) is 2.62. The smallest absolute Gasteiger partial charge is 0.315 e. The molecule has 128 valence electrons. The molecule has 0 aliphatic carbocycles. The largest absolute Gasteiger partial charge is 0.496 e. The maximum Gasteiger partial charge on any atom is 0.315 e. The summed E-state index contributed by atoms with van der Waals surface area (Å²) < 4.78 is 5.37. The quantitative estimate of drug-likeness (QED) is 0.821. The Bertz CT molecular complexity index is 686. The minimum Gasteiger partial charge on any atom is -0.496 e. The number of methoxy groups -OCH3 is 1. The van der Waals surface area contributed by atoms with E-state index in [1.54, 1.807) is 7.11 Å². The lowest BCUT2D eigenvalue weighted by Crippen LogP contribution is -2.38. The Morgan fingerprint density at radius 2 is 1.92 bits per heavy atom. The molecule has 2 rings (SSSR count). The summed E-state index contributed by atoms with van der Waals surface area (Å²) in [6.45, 7) is 4.52. The monoisotopic (exact) mass is 346 g/mol. The molecular formula is C19H23ClN2O2. The van der Waals surface area contributed by atoms with Crippen LogP contribution >= 0.6 is 11.6 Å². The van der Waals surface area contributed by atoms with Gasteiger partial charge in [0.15, 0.2) is 0 Å². The van der Waals surface area contributed by atoms with Gasteiger partial charge in [-0.3, -0.25) is 0 Å². The maximum atomic E-state index is 12.1. The number of amides is 2. The zero-order valence-electron chi connectivity index (χ0n) is 14.2. The van der Waals surface area contributed by atoms with Gasteiger partial charge in [-0.25, -0.2) is 4.79 Å². The van der Waals surface area contributed by atoms with E-state index in [2.05, 4.69) is 10.6 Å². The van der Waals surface area contributed by atoms with Crippen LogP contribution in [-0.4, -0.2) is 19.7 Å². The molecule has 0 aromatic heterocycles. The average molecular weight is 347 g/mol. The molecule has 4 nitrogen and oxygen atoms in total. The number of urea groups is 1. The average Bonchev–Trinajstić information content (AvgIpc) is 2.56. The van der Waals surface area contributed by atoms with Gasteiger partial charge in [-0.2, -0.15) is 0 Å². The second-order valence-corrected chi connectivity index (χ2v) is 6.18. The first-order chi connectivity index (χ1) is 11.5. The summed E-state index contributed by atoms with van der Waals surface area (Å²) in [5.74, 6) is 0.773. The lowest BCUT2D eigenvalue weighted by atomic mass is 10.0. The Morgan fingerprint density at radius 3 is 2.58 bits per heavy atom. The normalized spacial score (nSPS) is 11.7. The van der Waals surface area contributed by atoms with Gasteiger partial charge in [0.1, 0.15) is 5.75 Å². The third-order valence-electron chi connectivity index (χ3n) is 3.81. The van der Waals surface area contributed by atoms with Crippen LogP contribution in [0.25, 0.3) is 0 Å². The third kappa shape index (κ3) is 5.17. The van der Waals surface area contributed by atoms with Gasteiger partial charge in [0, 0.05) is 17.1 Å². The number of nitrogens with one attached hydrogen (secondary N) is 2. The topological polar surface area (TPSA) is 50.4 Å². The van der Waals surface area contributed by atoms with Crippen LogP contribution in [0.3, 0.4) is 0 Å². The maximum absolute atomic E-state index is 12.1. The van der Waals surface area contributed by atoms with Crippen LogP contribution in [0, 0.1) is 6.92 Å². The summed E-state index contributed by atoms with van der Waals surface area (Å²) in [4.78, 5) is 12.1. The number of benzene rings is 2. The fourth-order valence-electron chi connectivity index (χ4n) is 2.49. The fraction of sp³-hybridized carbons (Fsp3) is 0.316. The van der Waals surface area contributed by atoms with Crippen LogP contribution < -0.4 is 15.4 Å². The van der Waals surface area contributed by atoms with Gasteiger partial charge in [-0.15, -0.1) is 0 Å². The molecule has 5 heteroatoms. The van der Waals surface area contributed by atoms with Crippen molar-refractivity contribution in [3.05, 3.63) is 64.2 Å². The van der Waals surface area contributed by atoms with E-state index in [0.717, 1.165) is 28.9 Å². The van der Waals surface area contributed by atoms with Crippen molar-refractivity contribution in [1.82, 2.24) is 10.6 Å². The molecule has 0 heterocycles. The van der Waals surface area contributed by atoms with Gasteiger partial charge >= 0.3 is 6.03 Å². The predicted molar refractivity (Wildman–Crippen MR) is 97.8 cm³/mol. The van der Waals surface area contributed by atoms with E-state index in [-0.39, 0.29) is 12.1 Å². The van der Waals surface area contributed by atoms with Crippen LogP contribution in [0.15, 0.2) is 42.5 Å². The minimum absolute atomic E-state index is 0.143. The highest BCUT2D eigenvalue weighted by atomic mass is 35.5. The molecule has 24 heavy (non-hydrogen) atoms. The molecule has 0 aliphatic heterocycles. The number of carbonyl (C=O) groups is 1. The van der Waals surface area contributed by atoms with Crippen molar-refractivity contribution in [2.75, 3.05) is 13.7 Å². The van der Waals surface area contributed by atoms with Crippen molar-refractivity contribution in [3.8, 4) is 5.75 Å². The zero-order valence-corrected chi connectivity index (χ0v) is 15.0. The summed E-state index contributed by atoms with van der Waals surface area (Å²) in [7, 11) is 1.63. The highest BCUT2D eigenvalue weighted by Gasteiger charge is 2.14. The first-order valence-corrected chi connectivity index (χ1v) is 8.30. The van der Waals surface area contributed by atoms with E-state index in [4.69, 9.17) is 16.3 Å². The number of hydrogen-bond donors (Lipinski definition) is 2. The second kappa shape index (κ2) is 8.60. The van der Waals surface area contributed by atoms with Crippen LogP contribution in [0.5, 0.6) is 5.75 Å². The molecule has 0 aliphatic rings. The number of rotatable bonds is 6. The summed E-state index contributed by atoms with van der Waals surface area (Å²) in [5.41, 5.74) is 3.22. The molecule has 0 fully saturated rings. The molecular weight excluding hydrogens is 324 g/mol. The number of halogens is 1. The molecule has 2 aromatic rings. The Hall–Kier alpha value is -2.20. The van der Waals surface area contributed by atoms with E-state index in [1.165, 1.54) is 0 Å². The van der Waals surface area contributed by atoms with Crippen molar-refractivity contribution >= 4 is 17.6 Å². The molecule has 0 saturated heterocycles. The van der Waals surface area contributed by atoms with Gasteiger partial charge in [-0.1, -0.05) is 41.4 Å². The summed E-state index contributed by atoms with van der Waals surface area (Å²) >= 11 is 5.86. The van der Waals surface area contributed by atoms with Gasteiger partial charge in [-0.05, 0) is 44.0 Å². The number of hydrogen-bond acceptors (Lipinski definition) is 2. The summed E-state index contributed by atoms with van der Waals surface area (Å²) in [5, 5.41) is 6.53. The van der Waals surface area contributed by atoms with E-state index in [1.807, 2.05) is 56.3 Å². The van der Waals surface area contributed by atoms with Crippen molar-refractivity contribution in [2.45, 2.75) is 26.3 Å². The van der Waals surface area contributed by atoms with Crippen molar-refractivity contribution in [2.24, 2.45) is 0 Å². The van der Waals surface area contributed by atoms with Crippen LogP contribution in [0.4, 0.5) is 4.79 Å². The molecule has 0 bridgehead atoms. The van der Waals surface area contributed by atoms with E-state index in [0.29, 0.717) is 11.6 Å². The van der Waals surface area contributed by atoms with Gasteiger partial charge in [0.2, 0.25) is 0 Å². The number of ether oxygens (including phenoxy) is 1. The summed E-state index contributed by atoms with van der Waals surface area (Å²) in [6, 6.07) is 13.2. The van der Waals surface area contributed by atoms with Crippen LogP contribution in [-0.2, 0) is 6.42 Å². The first kappa shape index (κ1) is 18.1. The molecule has 2 aromatic carbocycles. The van der Waals surface area contributed by atoms with Crippen molar-refractivity contribution in [1.29, 1.82) is 0 Å². The minimum atomic E-state index is -0.194. The van der Waals surface area contributed by atoms with E-state index >= 15 is 0 Å². The molecule has 2 amide bonds. The standard InChI is InChI=1S/C19H23ClN2O2/c1-13-4-9-18(24-3)17(12-13)14(2)22-19(23)21-11-10-15-5-7-16(20)8-6-15/h4-9,12,14H,10-11H2,1-3H3,(H2,21,22,23)/t14-/m0/s1. The zero-order chi connectivity index (χ0) is 17.5. The lowest BCUT2D eigenvalue weighted by molar-refractivity contribution is 0.238. The van der Waals surface area contributed by atoms with Gasteiger partial charge in [0.25, 0.3) is 0 Å². The Balaban J connectivity index is 1.85. The SMILES string of the molecule is COc1ccc(C)cc1[C@H](C)NC(=O)NCCc1ccc(Cl)cc1. The van der Waals surface area contributed by atoms with Crippen LogP contribution in [0.2, 0.25) is 5.02 Å². The third-order valence-corrected chi connectivity index (χ3v) is 4.06. The van der Waals surface area contributed by atoms with Crippen LogP contribution in [0.1, 0.15) is 29.7 Å². The Labute approximate surface area is 148 Å². The van der Waals surface area contributed by atoms with E-state index < -0.39 is 0 Å². The van der Waals surface area contributed by atoms with Crippen molar-refractivity contribution < 1.29 is 9.53 Å². The number of carbonyl (C=O) groups excluding carboxylic acids is 1. The predicted octanol–water partition coefficient (Wildman–Crippen LogP) is 4.26. The van der Waals surface area contributed by atoms with Gasteiger partial charge in [0.05, 0.1) is 13.2 Å². The molecule has 2 N–H and O–H groups in total. The lowest BCUT2D eigenvalue weighted by Gasteiger charge is -2.18. The Morgan fingerprint density at radius 1 is 1.21 bits per heavy atom. The Kier molecular flexibility index (Phi) is 6.50. The molecule has 1 atom stereocenters. The molecule has 0 unspecified atom stereocenters. The second-order valence-electron chi connectivity index (χ2n) is 5.74. The van der Waals surface area contributed by atoms with Gasteiger partial charge < -0.3 is 15.4 Å².